The maximum absolute atomic E-state index is 5.24. The Morgan fingerprint density at radius 3 is 2.77 bits per heavy atom. The van der Waals surface area contributed by atoms with Crippen LogP contribution in [0.4, 0.5) is 5.82 Å². The van der Waals surface area contributed by atoms with Crippen molar-refractivity contribution >= 4 is 5.82 Å². The smallest absolute Gasteiger partial charge is 0.0642 e. The van der Waals surface area contributed by atoms with Crippen LogP contribution >= 0.6 is 0 Å². The van der Waals surface area contributed by atoms with E-state index in [9.17, 15) is 0 Å². The van der Waals surface area contributed by atoms with E-state index in [-0.39, 0.29) is 18.6 Å². The molecule has 0 atom stereocenters. The molecule has 1 aliphatic rings. The normalized spacial score (nSPS) is 16.5. The van der Waals surface area contributed by atoms with Crippen LogP contribution < -0.4 is 4.90 Å². The van der Waals surface area contributed by atoms with Crippen molar-refractivity contribution in [3.8, 4) is 0 Å². The summed E-state index contributed by atoms with van der Waals surface area (Å²) < 4.78 is 5.24. The maximum Gasteiger partial charge on any atom is 0.0642 e. The van der Waals surface area contributed by atoms with E-state index < -0.39 is 0 Å². The second kappa shape index (κ2) is 5.27. The molecule has 69 valence electrons. The summed E-state index contributed by atoms with van der Waals surface area (Å²) in [5.74, 6) is 1.03. The Bertz CT molecular complexity index is 237. The molecule has 1 aromatic heterocycles. The van der Waals surface area contributed by atoms with E-state index in [1.807, 2.05) is 12.1 Å². The summed E-state index contributed by atoms with van der Waals surface area (Å²) in [6.07, 6.45) is 1.70. The third-order valence-electron chi connectivity index (χ3n) is 1.94. The molecule has 3 nitrogen and oxygen atoms in total. The summed E-state index contributed by atoms with van der Waals surface area (Å²) in [6.45, 7) is 3.49. The SMILES string of the molecule is [V].[c-]1ccc(N2CCOCC2)nc1. The number of nitrogens with zero attached hydrogens (tertiary/aromatic N) is 2. The van der Waals surface area contributed by atoms with Gasteiger partial charge in [-0.1, -0.05) is 6.20 Å². The van der Waals surface area contributed by atoms with E-state index in [0.29, 0.717) is 0 Å². The van der Waals surface area contributed by atoms with Crippen LogP contribution in [0.2, 0.25) is 0 Å². The third kappa shape index (κ3) is 2.73. The molecule has 1 fully saturated rings. The number of aromatic nitrogens is 1. The van der Waals surface area contributed by atoms with Gasteiger partial charge in [-0.05, 0) is 0 Å². The van der Waals surface area contributed by atoms with E-state index in [0.717, 1.165) is 32.1 Å². The van der Waals surface area contributed by atoms with Gasteiger partial charge in [0.2, 0.25) is 0 Å². The van der Waals surface area contributed by atoms with Crippen LogP contribution in [0.1, 0.15) is 0 Å². The zero-order valence-corrected chi connectivity index (χ0v) is 8.71. The molecule has 0 bridgehead atoms. The van der Waals surface area contributed by atoms with Crippen molar-refractivity contribution in [2.45, 2.75) is 0 Å². The Balaban J connectivity index is 0.000000845. The van der Waals surface area contributed by atoms with Crippen LogP contribution in [0.15, 0.2) is 18.3 Å². The molecular formula is C9H11N2OV-. The minimum Gasteiger partial charge on any atom is -0.378 e. The average Bonchev–Trinajstić information content (AvgIpc) is 2.21. The molecule has 1 saturated heterocycles. The molecule has 0 amide bonds. The number of ether oxygens (including phenoxy) is 1. The molecule has 0 unspecified atom stereocenters. The molecule has 0 N–H and O–H groups in total. The molecule has 2 heterocycles. The number of hydrogen-bond acceptors (Lipinski definition) is 3. The predicted molar refractivity (Wildman–Crippen MR) is 46.1 cm³/mol. The fraction of sp³-hybridized carbons (Fsp3) is 0.444. The van der Waals surface area contributed by atoms with Gasteiger partial charge >= 0.3 is 0 Å². The Kier molecular flexibility index (Phi) is 4.29. The Hall–Kier alpha value is -0.506. The number of pyridine rings is 1. The minimum absolute atomic E-state index is 0. The summed E-state index contributed by atoms with van der Waals surface area (Å²) in [5.41, 5.74) is 0. The predicted octanol–water partition coefficient (Wildman–Crippen LogP) is 0.716. The maximum atomic E-state index is 5.24. The molecular weight excluding hydrogens is 203 g/mol. The van der Waals surface area contributed by atoms with E-state index >= 15 is 0 Å². The van der Waals surface area contributed by atoms with Gasteiger partial charge in [0, 0.05) is 37.5 Å². The zero-order chi connectivity index (χ0) is 8.23. The second-order valence-electron chi connectivity index (χ2n) is 2.72. The summed E-state index contributed by atoms with van der Waals surface area (Å²) in [5, 5.41) is 0. The molecule has 13 heavy (non-hydrogen) atoms. The Morgan fingerprint density at radius 1 is 1.38 bits per heavy atom. The molecule has 1 aliphatic heterocycles. The summed E-state index contributed by atoms with van der Waals surface area (Å²) >= 11 is 0. The van der Waals surface area contributed by atoms with E-state index in [4.69, 9.17) is 4.74 Å². The van der Waals surface area contributed by atoms with Crippen molar-refractivity contribution < 1.29 is 23.3 Å². The van der Waals surface area contributed by atoms with Gasteiger partial charge in [-0.25, -0.2) is 12.1 Å². The first-order valence-electron chi connectivity index (χ1n) is 4.11. The van der Waals surface area contributed by atoms with E-state index in [1.54, 1.807) is 6.20 Å². The first-order chi connectivity index (χ1) is 5.97. The molecule has 0 aliphatic carbocycles. The molecule has 2 rings (SSSR count). The van der Waals surface area contributed by atoms with Crippen LogP contribution in [0.25, 0.3) is 0 Å². The van der Waals surface area contributed by atoms with Crippen molar-refractivity contribution in [2.24, 2.45) is 0 Å². The fourth-order valence-electron chi connectivity index (χ4n) is 1.29. The van der Waals surface area contributed by atoms with Crippen LogP contribution in [0.3, 0.4) is 0 Å². The van der Waals surface area contributed by atoms with Crippen molar-refractivity contribution in [1.29, 1.82) is 0 Å². The molecule has 0 aromatic carbocycles. The second-order valence-corrected chi connectivity index (χ2v) is 2.72. The standard InChI is InChI=1S/C9H11N2O.V/c1-2-4-10-9(3-1)11-5-7-12-8-6-11;/h1,3-4H,5-8H2;/q-1;. The van der Waals surface area contributed by atoms with Gasteiger partial charge in [-0.15, -0.1) is 0 Å². The molecule has 0 spiro atoms. The molecule has 1 aromatic rings. The monoisotopic (exact) mass is 214 g/mol. The largest absolute Gasteiger partial charge is 0.378 e. The van der Waals surface area contributed by atoms with Gasteiger partial charge in [-0.3, -0.25) is 4.98 Å². The zero-order valence-electron chi connectivity index (χ0n) is 7.31. The summed E-state index contributed by atoms with van der Waals surface area (Å²) in [6, 6.07) is 6.77. The van der Waals surface area contributed by atoms with Gasteiger partial charge < -0.3 is 9.64 Å². The number of anilines is 1. The van der Waals surface area contributed by atoms with Gasteiger partial charge in [0.15, 0.2) is 0 Å². The van der Waals surface area contributed by atoms with E-state index in [2.05, 4.69) is 16.0 Å². The van der Waals surface area contributed by atoms with Gasteiger partial charge in [0.1, 0.15) is 0 Å². The Morgan fingerprint density at radius 2 is 2.15 bits per heavy atom. The first kappa shape index (κ1) is 10.6. The first-order valence-corrected chi connectivity index (χ1v) is 4.11. The van der Waals surface area contributed by atoms with Crippen LogP contribution in [0, 0.1) is 6.07 Å². The van der Waals surface area contributed by atoms with Gasteiger partial charge in [0.05, 0.1) is 13.2 Å². The topological polar surface area (TPSA) is 25.4 Å². The number of morpholine rings is 1. The van der Waals surface area contributed by atoms with E-state index in [1.165, 1.54) is 0 Å². The average molecular weight is 214 g/mol. The fourth-order valence-corrected chi connectivity index (χ4v) is 1.29. The molecule has 0 saturated carbocycles. The van der Waals surface area contributed by atoms with Crippen LogP contribution in [-0.4, -0.2) is 31.3 Å². The Labute approximate surface area is 90.0 Å². The molecule has 4 heteroatoms. The number of hydrogen-bond donors (Lipinski definition) is 0. The van der Waals surface area contributed by atoms with Crippen molar-refractivity contribution in [3.63, 3.8) is 0 Å². The minimum atomic E-state index is 0. The molecule has 1 radical (unpaired) electrons. The van der Waals surface area contributed by atoms with Gasteiger partial charge in [-0.2, -0.15) is 6.07 Å². The number of rotatable bonds is 1. The third-order valence-corrected chi connectivity index (χ3v) is 1.94. The van der Waals surface area contributed by atoms with Crippen LogP contribution in [-0.2, 0) is 23.3 Å². The van der Waals surface area contributed by atoms with Gasteiger partial charge in [0.25, 0.3) is 0 Å². The van der Waals surface area contributed by atoms with Crippen molar-refractivity contribution in [1.82, 2.24) is 4.98 Å². The van der Waals surface area contributed by atoms with Crippen molar-refractivity contribution in [3.05, 3.63) is 24.4 Å². The summed E-state index contributed by atoms with van der Waals surface area (Å²) in [4.78, 5) is 6.44. The van der Waals surface area contributed by atoms with Crippen LogP contribution in [0.5, 0.6) is 0 Å². The van der Waals surface area contributed by atoms with Crippen molar-refractivity contribution in [2.75, 3.05) is 31.2 Å². The summed E-state index contributed by atoms with van der Waals surface area (Å²) in [7, 11) is 0. The quantitative estimate of drug-likeness (QED) is 0.644.